The predicted octanol–water partition coefficient (Wildman–Crippen LogP) is 5.69. The maximum Gasteiger partial charge on any atom is 0.0711 e. The summed E-state index contributed by atoms with van der Waals surface area (Å²) in [5, 5.41) is 1.35. The quantitative estimate of drug-likeness (QED) is 0.603. The monoisotopic (exact) mass is 279 g/mol. The average Bonchev–Trinajstić information content (AvgIpc) is 2.36. The van der Waals surface area contributed by atoms with Gasteiger partial charge in [-0.2, -0.15) is 0 Å². The number of benzene rings is 1. The van der Waals surface area contributed by atoms with Crippen LogP contribution in [0.15, 0.2) is 30.5 Å². The molecule has 1 aromatic carbocycles. The molecule has 0 fully saturated rings. The Morgan fingerprint density at radius 2 is 1.67 bits per heavy atom. The second kappa shape index (κ2) is 4.43. The highest BCUT2D eigenvalue weighted by Gasteiger charge is 2.33. The topological polar surface area (TPSA) is 12.9 Å². The van der Waals surface area contributed by atoms with E-state index < -0.39 is 0 Å². The predicted molar refractivity (Wildman–Crippen MR) is 91.7 cm³/mol. The van der Waals surface area contributed by atoms with Crippen LogP contribution in [0.1, 0.15) is 64.2 Å². The minimum atomic E-state index is 0.144. The molecule has 0 amide bonds. The molecule has 1 heterocycles. The lowest BCUT2D eigenvalue weighted by Gasteiger charge is -2.36. The third-order valence-electron chi connectivity index (χ3n) is 4.50. The van der Waals surface area contributed by atoms with Crippen molar-refractivity contribution >= 4 is 17.0 Å². The number of allylic oxidation sites excluding steroid dienone is 1. The fourth-order valence-electron chi connectivity index (χ4n) is 3.43. The lowest BCUT2D eigenvalue weighted by atomic mass is 9.68. The Morgan fingerprint density at radius 3 is 2.29 bits per heavy atom. The van der Waals surface area contributed by atoms with E-state index in [2.05, 4.69) is 76.9 Å². The van der Waals surface area contributed by atoms with Gasteiger partial charge < -0.3 is 0 Å². The van der Waals surface area contributed by atoms with Crippen LogP contribution in [-0.4, -0.2) is 4.98 Å². The summed E-state index contributed by atoms with van der Waals surface area (Å²) in [6.07, 6.45) is 6.58. The van der Waals surface area contributed by atoms with Gasteiger partial charge in [0.2, 0.25) is 0 Å². The minimum absolute atomic E-state index is 0.144. The summed E-state index contributed by atoms with van der Waals surface area (Å²) < 4.78 is 0. The van der Waals surface area contributed by atoms with Crippen LogP contribution in [0, 0.1) is 5.41 Å². The number of hydrogen-bond donors (Lipinski definition) is 0. The summed E-state index contributed by atoms with van der Waals surface area (Å²) >= 11 is 0. The summed E-state index contributed by atoms with van der Waals surface area (Å²) in [6.45, 7) is 13.9. The molecule has 0 spiro atoms. The highest BCUT2D eigenvalue weighted by molar-refractivity contribution is 5.94. The lowest BCUT2D eigenvalue weighted by Crippen LogP contribution is -2.24. The fraction of sp³-hybridized carbons (Fsp3) is 0.450. The van der Waals surface area contributed by atoms with Gasteiger partial charge in [0.05, 0.1) is 5.52 Å². The Balaban J connectivity index is 2.43. The van der Waals surface area contributed by atoms with Crippen LogP contribution < -0.4 is 0 Å². The van der Waals surface area contributed by atoms with E-state index in [4.69, 9.17) is 0 Å². The molecule has 0 radical (unpaired) electrons. The van der Waals surface area contributed by atoms with Crippen molar-refractivity contribution in [2.75, 3.05) is 0 Å². The first-order valence-corrected chi connectivity index (χ1v) is 7.80. The van der Waals surface area contributed by atoms with Crippen LogP contribution in [0.2, 0.25) is 0 Å². The molecule has 1 aliphatic rings. The van der Waals surface area contributed by atoms with Crippen molar-refractivity contribution in [3.05, 3.63) is 47.2 Å². The molecule has 1 nitrogen and oxygen atoms in total. The Kier molecular flexibility index (Phi) is 3.02. The smallest absolute Gasteiger partial charge is 0.0711 e. The summed E-state index contributed by atoms with van der Waals surface area (Å²) in [6, 6.07) is 6.60. The first-order valence-electron chi connectivity index (χ1n) is 7.80. The molecule has 2 aromatic rings. The first kappa shape index (κ1) is 14.3. The van der Waals surface area contributed by atoms with Gasteiger partial charge in [0.15, 0.2) is 0 Å². The first-order chi connectivity index (χ1) is 9.69. The zero-order valence-corrected chi connectivity index (χ0v) is 14.0. The lowest BCUT2D eigenvalue weighted by molar-refractivity contribution is 0.364. The molecule has 0 bridgehead atoms. The van der Waals surface area contributed by atoms with E-state index in [1.807, 2.05) is 6.20 Å². The zero-order valence-electron chi connectivity index (χ0n) is 14.0. The molecule has 3 rings (SSSR count). The highest BCUT2D eigenvalue weighted by Crippen LogP contribution is 2.47. The maximum atomic E-state index is 4.59. The van der Waals surface area contributed by atoms with E-state index in [1.165, 1.54) is 22.1 Å². The van der Waals surface area contributed by atoms with Crippen molar-refractivity contribution in [1.82, 2.24) is 4.98 Å². The standard InChI is InChI=1S/C20H25N/c1-19(2,3)14-8-7-13-11-12-21-16-10-9-15(20(4,5)6)18(14)17(13)16/h7-12,14H,1-6H3. The fourth-order valence-corrected chi connectivity index (χ4v) is 3.43. The van der Waals surface area contributed by atoms with Gasteiger partial charge in [-0.05, 0) is 39.7 Å². The van der Waals surface area contributed by atoms with Gasteiger partial charge in [-0.25, -0.2) is 0 Å². The molecule has 0 N–H and O–H groups in total. The molecule has 1 aliphatic carbocycles. The van der Waals surface area contributed by atoms with Gasteiger partial charge in [-0.3, -0.25) is 4.98 Å². The summed E-state index contributed by atoms with van der Waals surface area (Å²) in [4.78, 5) is 4.59. The van der Waals surface area contributed by atoms with Gasteiger partial charge in [-0.15, -0.1) is 0 Å². The number of rotatable bonds is 0. The third-order valence-corrected chi connectivity index (χ3v) is 4.50. The highest BCUT2D eigenvalue weighted by atomic mass is 14.6. The van der Waals surface area contributed by atoms with Crippen LogP contribution >= 0.6 is 0 Å². The van der Waals surface area contributed by atoms with E-state index in [0.29, 0.717) is 5.92 Å². The molecular weight excluding hydrogens is 254 g/mol. The SMILES string of the molecule is CC(C)(C)c1ccc2nccc3c2c1C(C(C)(C)C)C=C3. The maximum absolute atomic E-state index is 4.59. The third kappa shape index (κ3) is 2.29. The largest absolute Gasteiger partial charge is 0.256 e. The van der Waals surface area contributed by atoms with Gasteiger partial charge in [-0.1, -0.05) is 59.8 Å². The summed E-state index contributed by atoms with van der Waals surface area (Å²) in [5.74, 6) is 0.437. The molecule has 21 heavy (non-hydrogen) atoms. The molecule has 0 saturated heterocycles. The van der Waals surface area contributed by atoms with Crippen LogP contribution in [0.3, 0.4) is 0 Å². The van der Waals surface area contributed by atoms with E-state index in [0.717, 1.165) is 5.52 Å². The zero-order chi connectivity index (χ0) is 15.4. The van der Waals surface area contributed by atoms with Crippen LogP contribution in [0.25, 0.3) is 17.0 Å². The molecule has 0 saturated carbocycles. The second-order valence-corrected chi connectivity index (χ2v) is 8.27. The molecule has 1 unspecified atom stereocenters. The Labute approximate surface area is 128 Å². The molecular formula is C20H25N. The van der Waals surface area contributed by atoms with Gasteiger partial charge in [0, 0.05) is 17.5 Å². The van der Waals surface area contributed by atoms with Crippen molar-refractivity contribution in [3.63, 3.8) is 0 Å². The second-order valence-electron chi connectivity index (χ2n) is 8.27. The van der Waals surface area contributed by atoms with Crippen molar-refractivity contribution in [2.24, 2.45) is 5.41 Å². The van der Waals surface area contributed by atoms with Crippen molar-refractivity contribution < 1.29 is 0 Å². The van der Waals surface area contributed by atoms with E-state index in [9.17, 15) is 0 Å². The Hall–Kier alpha value is -1.63. The van der Waals surface area contributed by atoms with Crippen molar-refractivity contribution in [2.45, 2.75) is 52.9 Å². The molecule has 110 valence electrons. The molecule has 1 heteroatoms. The molecule has 0 aliphatic heterocycles. The molecule has 1 atom stereocenters. The van der Waals surface area contributed by atoms with Crippen LogP contribution in [0.5, 0.6) is 0 Å². The normalized spacial score (nSPS) is 18.3. The number of pyridine rings is 1. The Bertz CT molecular complexity index is 724. The van der Waals surface area contributed by atoms with E-state index >= 15 is 0 Å². The minimum Gasteiger partial charge on any atom is -0.256 e. The van der Waals surface area contributed by atoms with Crippen molar-refractivity contribution in [3.8, 4) is 0 Å². The molecule has 1 aromatic heterocycles. The summed E-state index contributed by atoms with van der Waals surface area (Å²) in [7, 11) is 0. The van der Waals surface area contributed by atoms with Crippen molar-refractivity contribution in [1.29, 1.82) is 0 Å². The van der Waals surface area contributed by atoms with Gasteiger partial charge >= 0.3 is 0 Å². The Morgan fingerprint density at radius 1 is 0.952 bits per heavy atom. The summed E-state index contributed by atoms with van der Waals surface area (Å²) in [5.41, 5.74) is 5.71. The number of nitrogens with zero attached hydrogens (tertiary/aromatic N) is 1. The van der Waals surface area contributed by atoms with E-state index in [-0.39, 0.29) is 10.8 Å². The van der Waals surface area contributed by atoms with Gasteiger partial charge in [0.1, 0.15) is 0 Å². The van der Waals surface area contributed by atoms with Crippen LogP contribution in [0.4, 0.5) is 0 Å². The van der Waals surface area contributed by atoms with E-state index in [1.54, 1.807) is 0 Å². The number of aromatic nitrogens is 1. The average molecular weight is 279 g/mol. The van der Waals surface area contributed by atoms with Crippen LogP contribution in [-0.2, 0) is 5.41 Å². The van der Waals surface area contributed by atoms with Gasteiger partial charge in [0.25, 0.3) is 0 Å². The number of hydrogen-bond acceptors (Lipinski definition) is 1.